The summed E-state index contributed by atoms with van der Waals surface area (Å²) in [7, 11) is 0. The van der Waals surface area contributed by atoms with Gasteiger partial charge in [0.1, 0.15) is 17.7 Å². The van der Waals surface area contributed by atoms with Crippen LogP contribution in [0.1, 0.15) is 53.7 Å². The van der Waals surface area contributed by atoms with Crippen LogP contribution >= 0.6 is 11.6 Å². The first-order valence-corrected chi connectivity index (χ1v) is 12.5. The van der Waals surface area contributed by atoms with Crippen molar-refractivity contribution in [3.8, 4) is 5.75 Å². The summed E-state index contributed by atoms with van der Waals surface area (Å²) in [4.78, 5) is 22.0. The number of amides is 1. The first kappa shape index (κ1) is 22.7. The van der Waals surface area contributed by atoms with Crippen LogP contribution in [0.2, 0.25) is 5.02 Å². The third kappa shape index (κ3) is 4.15. The van der Waals surface area contributed by atoms with Gasteiger partial charge in [-0.3, -0.25) is 9.69 Å². The number of halogens is 2. The number of carbonyl (C=O) groups is 1. The lowest BCUT2D eigenvalue weighted by molar-refractivity contribution is 0.0445. The zero-order valence-electron chi connectivity index (χ0n) is 19.2. The summed E-state index contributed by atoms with van der Waals surface area (Å²) in [5, 5.41) is 14.2. The molecule has 3 aromatic rings. The minimum absolute atomic E-state index is 0.0693. The van der Waals surface area contributed by atoms with Gasteiger partial charge < -0.3 is 14.7 Å². The van der Waals surface area contributed by atoms with Crippen LogP contribution in [-0.2, 0) is 13.1 Å². The van der Waals surface area contributed by atoms with Gasteiger partial charge in [-0.15, -0.1) is 0 Å². The van der Waals surface area contributed by atoms with E-state index in [9.17, 15) is 14.3 Å². The number of rotatable bonds is 6. The van der Waals surface area contributed by atoms with E-state index in [1.165, 1.54) is 18.2 Å². The highest BCUT2D eigenvalue weighted by molar-refractivity contribution is 6.30. The van der Waals surface area contributed by atoms with E-state index in [4.69, 9.17) is 16.3 Å². The molecule has 3 aliphatic rings. The van der Waals surface area contributed by atoms with Crippen LogP contribution in [0.3, 0.4) is 0 Å². The maximum Gasteiger partial charge on any atom is 0.258 e. The number of aliphatic hydroxyl groups is 1. The molecule has 1 aromatic carbocycles. The zero-order chi connectivity index (χ0) is 24.1. The molecule has 2 bridgehead atoms. The molecule has 1 N–H and O–H groups in total. The Morgan fingerprint density at radius 1 is 1.23 bits per heavy atom. The van der Waals surface area contributed by atoms with Crippen LogP contribution in [0.15, 0.2) is 30.6 Å². The minimum Gasteiger partial charge on any atom is -0.489 e. The largest absolute Gasteiger partial charge is 0.489 e. The highest BCUT2D eigenvalue weighted by Gasteiger charge is 2.41. The number of aromatic nitrogens is 3. The number of fused-ring (bicyclic) bond motifs is 5. The van der Waals surface area contributed by atoms with E-state index >= 15 is 0 Å². The molecule has 0 saturated carbocycles. The van der Waals surface area contributed by atoms with Crippen molar-refractivity contribution in [3.63, 3.8) is 0 Å². The fourth-order valence-corrected chi connectivity index (χ4v) is 6.07. The fraction of sp³-hybridized carbons (Fsp3) is 0.480. The lowest BCUT2D eigenvalue weighted by Crippen LogP contribution is -2.46. The lowest BCUT2D eigenvalue weighted by Gasteiger charge is -2.39. The molecule has 184 valence electrons. The van der Waals surface area contributed by atoms with Gasteiger partial charge in [0.25, 0.3) is 5.91 Å². The maximum absolute atomic E-state index is 14.2. The second-order valence-corrected chi connectivity index (χ2v) is 10.1. The molecule has 0 radical (unpaired) electrons. The Balaban J connectivity index is 1.19. The zero-order valence-corrected chi connectivity index (χ0v) is 20.0. The van der Waals surface area contributed by atoms with Crippen molar-refractivity contribution in [2.24, 2.45) is 0 Å². The molecule has 0 aliphatic carbocycles. The predicted octanol–water partition coefficient (Wildman–Crippen LogP) is 3.43. The van der Waals surface area contributed by atoms with Gasteiger partial charge in [-0.2, -0.15) is 5.10 Å². The van der Waals surface area contributed by atoms with E-state index in [0.29, 0.717) is 47.2 Å². The van der Waals surface area contributed by atoms with Crippen LogP contribution in [0.5, 0.6) is 5.75 Å². The van der Waals surface area contributed by atoms with Crippen molar-refractivity contribution in [1.82, 2.24) is 24.4 Å². The Labute approximate surface area is 207 Å². The summed E-state index contributed by atoms with van der Waals surface area (Å²) in [6.07, 6.45) is 7.86. The maximum atomic E-state index is 14.2. The van der Waals surface area contributed by atoms with E-state index in [1.54, 1.807) is 21.8 Å². The third-order valence-electron chi connectivity index (χ3n) is 7.48. The van der Waals surface area contributed by atoms with Crippen molar-refractivity contribution in [3.05, 3.63) is 58.3 Å². The van der Waals surface area contributed by atoms with E-state index in [1.807, 2.05) is 0 Å². The molecule has 1 unspecified atom stereocenters. The lowest BCUT2D eigenvalue weighted by atomic mass is 9.99. The summed E-state index contributed by atoms with van der Waals surface area (Å²) in [5.41, 5.74) is 2.72. The number of hydrogen-bond acceptors (Lipinski definition) is 6. The van der Waals surface area contributed by atoms with Crippen molar-refractivity contribution in [2.75, 3.05) is 13.2 Å². The Morgan fingerprint density at radius 2 is 2.03 bits per heavy atom. The van der Waals surface area contributed by atoms with Crippen LogP contribution in [0.25, 0.3) is 5.65 Å². The molecular weight excluding hydrogens is 473 g/mol. The van der Waals surface area contributed by atoms with Gasteiger partial charge in [0, 0.05) is 43.1 Å². The average molecular weight is 500 g/mol. The van der Waals surface area contributed by atoms with Crippen LogP contribution in [0, 0.1) is 5.82 Å². The molecular formula is C25H27ClFN5O3. The van der Waals surface area contributed by atoms with Gasteiger partial charge in [0.2, 0.25) is 0 Å². The molecule has 3 aliphatic heterocycles. The Hall–Kier alpha value is -2.75. The number of piperidine rings is 1. The highest BCUT2D eigenvalue weighted by Crippen LogP contribution is 2.38. The number of benzene rings is 1. The van der Waals surface area contributed by atoms with Crippen LogP contribution < -0.4 is 4.74 Å². The van der Waals surface area contributed by atoms with Crippen molar-refractivity contribution in [1.29, 1.82) is 0 Å². The molecule has 2 saturated heterocycles. The third-order valence-corrected chi connectivity index (χ3v) is 7.67. The molecule has 2 aromatic heterocycles. The van der Waals surface area contributed by atoms with E-state index < -0.39 is 5.82 Å². The Bertz CT molecular complexity index is 1270. The van der Waals surface area contributed by atoms with Gasteiger partial charge in [-0.05, 0) is 44.2 Å². The minimum atomic E-state index is -0.427. The van der Waals surface area contributed by atoms with Gasteiger partial charge in [0.15, 0.2) is 5.65 Å². The average Bonchev–Trinajstić information content (AvgIpc) is 3.46. The number of aliphatic hydroxyl groups excluding tert-OH is 1. The normalized spacial score (nSPS) is 23.7. The summed E-state index contributed by atoms with van der Waals surface area (Å²) in [5.74, 6) is -0.344. The molecule has 3 atom stereocenters. The SMILES string of the molecule is O=C(c1ccc(F)cc1OC1C[C@H]2CC[C@@H](C1)N2CCCO)N1Cc2nn3cc(Cl)cnc3c2C1. The van der Waals surface area contributed by atoms with Gasteiger partial charge in [0.05, 0.1) is 35.6 Å². The summed E-state index contributed by atoms with van der Waals surface area (Å²) < 4.78 is 22.2. The molecule has 2 fully saturated rings. The molecule has 5 heterocycles. The van der Waals surface area contributed by atoms with Crippen molar-refractivity contribution >= 4 is 23.2 Å². The highest BCUT2D eigenvalue weighted by atomic mass is 35.5. The van der Waals surface area contributed by atoms with E-state index in [0.717, 1.165) is 49.9 Å². The molecule has 10 heteroatoms. The smallest absolute Gasteiger partial charge is 0.258 e. The first-order chi connectivity index (χ1) is 17.0. The molecule has 0 spiro atoms. The monoisotopic (exact) mass is 499 g/mol. The Morgan fingerprint density at radius 3 is 2.80 bits per heavy atom. The quantitative estimate of drug-likeness (QED) is 0.559. The second-order valence-electron chi connectivity index (χ2n) is 9.68. The predicted molar refractivity (Wildman–Crippen MR) is 127 cm³/mol. The van der Waals surface area contributed by atoms with E-state index in [2.05, 4.69) is 15.0 Å². The molecule has 1 amide bonds. The molecule has 35 heavy (non-hydrogen) atoms. The number of carbonyl (C=O) groups excluding carboxylic acids is 1. The van der Waals surface area contributed by atoms with Gasteiger partial charge >= 0.3 is 0 Å². The van der Waals surface area contributed by atoms with Crippen LogP contribution in [0.4, 0.5) is 4.39 Å². The number of hydrogen-bond donors (Lipinski definition) is 1. The van der Waals surface area contributed by atoms with Gasteiger partial charge in [-0.1, -0.05) is 11.6 Å². The van der Waals surface area contributed by atoms with Gasteiger partial charge in [-0.25, -0.2) is 13.9 Å². The van der Waals surface area contributed by atoms with Crippen molar-refractivity contribution in [2.45, 2.75) is 63.4 Å². The first-order valence-electron chi connectivity index (χ1n) is 12.1. The number of nitrogens with zero attached hydrogens (tertiary/aromatic N) is 5. The molecule has 6 rings (SSSR count). The standard InChI is InChI=1S/C25H27ClFN5O3/c26-15-11-28-24-21-13-30(14-22(21)29-32(24)12-15)25(34)20-5-2-16(27)8-23(20)35-19-9-17-3-4-18(10-19)31(17)6-1-7-33/h2,5,8,11-12,17-19,33H,1,3-4,6-7,9-10,13-14H2/t17-,18+,19?. The Kier molecular flexibility index (Phi) is 5.86. The van der Waals surface area contributed by atoms with Crippen LogP contribution in [-0.4, -0.2) is 66.8 Å². The topological polar surface area (TPSA) is 83.2 Å². The summed E-state index contributed by atoms with van der Waals surface area (Å²) in [6, 6.07) is 4.95. The summed E-state index contributed by atoms with van der Waals surface area (Å²) >= 11 is 6.02. The van der Waals surface area contributed by atoms with E-state index in [-0.39, 0.29) is 18.6 Å². The summed E-state index contributed by atoms with van der Waals surface area (Å²) in [6.45, 7) is 1.80. The van der Waals surface area contributed by atoms with Crippen molar-refractivity contribution < 1.29 is 19.0 Å². The number of ether oxygens (including phenoxy) is 1. The molecule has 8 nitrogen and oxygen atoms in total. The fourth-order valence-electron chi connectivity index (χ4n) is 5.92. The second kappa shape index (κ2) is 9.04.